The van der Waals surface area contributed by atoms with E-state index in [1.165, 1.54) is 0 Å². The van der Waals surface area contributed by atoms with Gasteiger partial charge in [0.2, 0.25) is 5.91 Å². The Bertz CT molecular complexity index is 820. The third-order valence-electron chi connectivity index (χ3n) is 4.54. The zero-order valence-electron chi connectivity index (χ0n) is 15.9. The largest absolute Gasteiger partial charge is 0.484 e. The van der Waals surface area contributed by atoms with E-state index in [1.54, 1.807) is 0 Å². The van der Waals surface area contributed by atoms with Gasteiger partial charge in [0.15, 0.2) is 6.61 Å². The summed E-state index contributed by atoms with van der Waals surface area (Å²) in [5.74, 6) is 0.353. The van der Waals surface area contributed by atoms with Crippen molar-refractivity contribution in [1.29, 1.82) is 0 Å². The number of anilines is 1. The minimum atomic E-state index is -0.628. The van der Waals surface area contributed by atoms with Gasteiger partial charge >= 0.3 is 0 Å². The number of hydrogen-bond acceptors (Lipinski definition) is 4. The molecule has 0 spiro atoms. The molecule has 1 aliphatic rings. The summed E-state index contributed by atoms with van der Waals surface area (Å²) in [6.45, 7) is 2.47. The van der Waals surface area contributed by atoms with Crippen LogP contribution in [0, 0.1) is 6.92 Å². The van der Waals surface area contributed by atoms with Crippen molar-refractivity contribution in [3.63, 3.8) is 0 Å². The van der Waals surface area contributed by atoms with E-state index in [2.05, 4.69) is 10.6 Å². The second-order valence-corrected chi connectivity index (χ2v) is 7.01. The number of nitrogens with one attached hydrogen (secondary N) is 2. The van der Waals surface area contributed by atoms with Gasteiger partial charge in [-0.25, -0.2) is 0 Å². The van der Waals surface area contributed by atoms with Gasteiger partial charge in [0.05, 0.1) is 5.54 Å². The second-order valence-electron chi connectivity index (χ2n) is 7.01. The Morgan fingerprint density at radius 3 is 2.50 bits per heavy atom. The summed E-state index contributed by atoms with van der Waals surface area (Å²) in [6.07, 6.45) is 2.25. The topological polar surface area (TPSA) is 93.5 Å². The van der Waals surface area contributed by atoms with Crippen LogP contribution in [-0.4, -0.2) is 30.5 Å². The fourth-order valence-electron chi connectivity index (χ4n) is 2.68. The highest BCUT2D eigenvalue weighted by atomic mass is 35.5. The van der Waals surface area contributed by atoms with Crippen molar-refractivity contribution in [2.75, 3.05) is 18.5 Å². The highest BCUT2D eigenvalue weighted by Crippen LogP contribution is 2.32. The van der Waals surface area contributed by atoms with Crippen LogP contribution in [0.5, 0.6) is 5.75 Å². The molecule has 2 aromatic carbocycles. The average molecular weight is 404 g/mol. The first-order valence-corrected chi connectivity index (χ1v) is 9.10. The zero-order valence-corrected chi connectivity index (χ0v) is 16.7. The van der Waals surface area contributed by atoms with E-state index < -0.39 is 5.54 Å². The van der Waals surface area contributed by atoms with Crippen LogP contribution in [0.1, 0.15) is 24.0 Å². The predicted octanol–water partition coefficient (Wildman–Crippen LogP) is 2.58. The van der Waals surface area contributed by atoms with Crippen molar-refractivity contribution < 1.29 is 14.3 Å². The summed E-state index contributed by atoms with van der Waals surface area (Å²) in [6, 6.07) is 15.1. The molecule has 28 heavy (non-hydrogen) atoms. The van der Waals surface area contributed by atoms with Crippen LogP contribution in [0.3, 0.4) is 0 Å². The molecule has 0 bridgehead atoms. The van der Waals surface area contributed by atoms with Gasteiger partial charge in [-0.05, 0) is 61.6 Å². The summed E-state index contributed by atoms with van der Waals surface area (Å²) in [5, 5.41) is 5.67. The molecular formula is C21H26ClN3O3. The van der Waals surface area contributed by atoms with E-state index >= 15 is 0 Å². The minimum absolute atomic E-state index is 0. The Morgan fingerprint density at radius 1 is 1.14 bits per heavy atom. The lowest BCUT2D eigenvalue weighted by atomic mass is 10.1. The molecule has 0 atom stereocenters. The molecule has 1 fully saturated rings. The van der Waals surface area contributed by atoms with Gasteiger partial charge in [-0.3, -0.25) is 9.59 Å². The van der Waals surface area contributed by atoms with Crippen molar-refractivity contribution in [1.82, 2.24) is 5.32 Å². The number of hydrogen-bond donors (Lipinski definition) is 3. The lowest BCUT2D eigenvalue weighted by Crippen LogP contribution is -2.43. The van der Waals surface area contributed by atoms with E-state index in [0.29, 0.717) is 12.3 Å². The first-order chi connectivity index (χ1) is 12.9. The number of aryl methyl sites for hydroxylation is 1. The standard InChI is InChI=1S/C21H25N3O3.ClH/c1-15-3-2-4-17(13-15)24-19(25)14-27-18-7-5-16(6-8-18)9-12-23-20(26)21(22)10-11-21;/h2-8,13H,9-12,14,22H2,1H3,(H,23,26)(H,24,25);1H. The van der Waals surface area contributed by atoms with Crippen LogP contribution in [0.2, 0.25) is 0 Å². The van der Waals surface area contributed by atoms with E-state index in [4.69, 9.17) is 10.5 Å². The fraction of sp³-hybridized carbons (Fsp3) is 0.333. The van der Waals surface area contributed by atoms with Gasteiger partial charge in [0.25, 0.3) is 5.91 Å². The van der Waals surface area contributed by atoms with E-state index in [1.807, 2.05) is 55.5 Å². The summed E-state index contributed by atoms with van der Waals surface area (Å²) in [7, 11) is 0. The highest BCUT2D eigenvalue weighted by molar-refractivity contribution is 5.92. The Balaban J connectivity index is 0.00000280. The van der Waals surface area contributed by atoms with Crippen molar-refractivity contribution >= 4 is 29.9 Å². The Kier molecular flexibility index (Phi) is 7.43. The van der Waals surface area contributed by atoms with E-state index in [0.717, 1.165) is 36.1 Å². The molecule has 150 valence electrons. The molecular weight excluding hydrogens is 378 g/mol. The van der Waals surface area contributed by atoms with Gasteiger partial charge in [0.1, 0.15) is 5.75 Å². The van der Waals surface area contributed by atoms with Gasteiger partial charge in [-0.1, -0.05) is 24.3 Å². The van der Waals surface area contributed by atoms with Crippen LogP contribution in [-0.2, 0) is 16.0 Å². The zero-order chi connectivity index (χ0) is 19.3. The van der Waals surface area contributed by atoms with Gasteiger partial charge < -0.3 is 21.1 Å². The number of amides is 2. The fourth-order valence-corrected chi connectivity index (χ4v) is 2.68. The average Bonchev–Trinajstić information content (AvgIpc) is 3.40. The van der Waals surface area contributed by atoms with E-state index in [9.17, 15) is 9.59 Å². The van der Waals surface area contributed by atoms with Gasteiger partial charge in [-0.2, -0.15) is 0 Å². The molecule has 2 aromatic rings. The van der Waals surface area contributed by atoms with Gasteiger partial charge in [-0.15, -0.1) is 12.4 Å². The second kappa shape index (κ2) is 9.57. The summed E-state index contributed by atoms with van der Waals surface area (Å²) < 4.78 is 5.52. The Hall–Kier alpha value is -2.57. The monoisotopic (exact) mass is 403 g/mol. The van der Waals surface area contributed by atoms with Gasteiger partial charge in [0, 0.05) is 12.2 Å². The molecule has 0 heterocycles. The van der Waals surface area contributed by atoms with Crippen molar-refractivity contribution in [3.05, 3.63) is 59.7 Å². The lowest BCUT2D eigenvalue weighted by Gasteiger charge is -2.11. The molecule has 4 N–H and O–H groups in total. The summed E-state index contributed by atoms with van der Waals surface area (Å²) in [4.78, 5) is 23.7. The first kappa shape index (κ1) is 21.7. The molecule has 0 aromatic heterocycles. The van der Waals surface area contributed by atoms with Crippen molar-refractivity contribution in [2.24, 2.45) is 5.73 Å². The highest BCUT2D eigenvalue weighted by Gasteiger charge is 2.45. The number of carbonyl (C=O) groups is 2. The van der Waals surface area contributed by atoms with Crippen LogP contribution in [0.15, 0.2) is 48.5 Å². The quantitative estimate of drug-likeness (QED) is 0.631. The number of halogens is 1. The molecule has 0 radical (unpaired) electrons. The van der Waals surface area contributed by atoms with Crippen molar-refractivity contribution in [2.45, 2.75) is 31.7 Å². The molecule has 0 saturated heterocycles. The molecule has 0 unspecified atom stereocenters. The Morgan fingerprint density at radius 2 is 1.86 bits per heavy atom. The first-order valence-electron chi connectivity index (χ1n) is 9.10. The molecule has 6 nitrogen and oxygen atoms in total. The molecule has 3 rings (SSSR count). The molecule has 7 heteroatoms. The van der Waals surface area contributed by atoms with Crippen LogP contribution >= 0.6 is 12.4 Å². The molecule has 1 aliphatic carbocycles. The maximum absolute atomic E-state index is 12.0. The molecule has 0 aliphatic heterocycles. The normalized spacial score (nSPS) is 13.8. The number of ether oxygens (including phenoxy) is 1. The maximum Gasteiger partial charge on any atom is 0.262 e. The molecule has 1 saturated carbocycles. The smallest absolute Gasteiger partial charge is 0.262 e. The van der Waals surface area contributed by atoms with Crippen molar-refractivity contribution in [3.8, 4) is 5.75 Å². The third kappa shape index (κ3) is 6.25. The number of benzene rings is 2. The predicted molar refractivity (Wildman–Crippen MR) is 112 cm³/mol. The van der Waals surface area contributed by atoms with E-state index in [-0.39, 0.29) is 30.8 Å². The number of rotatable bonds is 8. The SMILES string of the molecule is Cc1cccc(NC(=O)COc2ccc(CCNC(=O)C3(N)CC3)cc2)c1.Cl. The summed E-state index contributed by atoms with van der Waals surface area (Å²) >= 11 is 0. The number of nitrogens with two attached hydrogens (primary N) is 1. The third-order valence-corrected chi connectivity index (χ3v) is 4.54. The maximum atomic E-state index is 12.0. The molecule has 2 amide bonds. The van der Waals surface area contributed by atoms with Crippen LogP contribution in [0.25, 0.3) is 0 Å². The Labute approximate surface area is 171 Å². The number of carbonyl (C=O) groups excluding carboxylic acids is 2. The van der Waals surface area contributed by atoms with Crippen LogP contribution < -0.4 is 21.1 Å². The lowest BCUT2D eigenvalue weighted by molar-refractivity contribution is -0.123. The minimum Gasteiger partial charge on any atom is -0.484 e. The van der Waals surface area contributed by atoms with Crippen LogP contribution in [0.4, 0.5) is 5.69 Å². The summed E-state index contributed by atoms with van der Waals surface area (Å²) in [5.41, 5.74) is 8.13.